The molecule has 1 aliphatic rings. The number of carbonyl (C=O) groups is 2. The smallest absolute Gasteiger partial charge is 0.317 e. The fourth-order valence-corrected chi connectivity index (χ4v) is 3.54. The molecule has 1 aliphatic carbocycles. The van der Waals surface area contributed by atoms with Gasteiger partial charge in [-0.3, -0.25) is 9.59 Å². The second-order valence-corrected chi connectivity index (χ2v) is 7.39. The summed E-state index contributed by atoms with van der Waals surface area (Å²) in [5, 5.41) is 12.2. The minimum Gasteiger partial charge on any atom is -0.497 e. The lowest BCUT2D eigenvalue weighted by molar-refractivity contribution is -0.152. The highest BCUT2D eigenvalue weighted by Gasteiger charge is 2.35. The molecule has 26 heavy (non-hydrogen) atoms. The van der Waals surface area contributed by atoms with Crippen molar-refractivity contribution in [3.8, 4) is 11.8 Å². The third-order valence-corrected chi connectivity index (χ3v) is 5.36. The second kappa shape index (κ2) is 9.48. The minimum atomic E-state index is -0.925. The van der Waals surface area contributed by atoms with Crippen LogP contribution in [0.1, 0.15) is 39.0 Å². The van der Waals surface area contributed by atoms with Crippen molar-refractivity contribution in [2.24, 2.45) is 0 Å². The Kier molecular flexibility index (Phi) is 7.34. The number of esters is 1. The number of methoxy groups -OCH3 is 1. The van der Waals surface area contributed by atoms with Gasteiger partial charge in [0, 0.05) is 4.90 Å². The van der Waals surface area contributed by atoms with E-state index in [1.54, 1.807) is 7.11 Å². The molecule has 1 aromatic carbocycles. The van der Waals surface area contributed by atoms with E-state index in [1.165, 1.54) is 18.7 Å². The molecular formula is C19H24N2O4S. The standard InChI is InChI=1S/C19H24N2O4S/c1-14(18(23)21-19(13-20)10-4-3-5-11-19)25-17(22)12-26-16-8-6-15(24-2)7-9-16/h6-9,14H,3-5,10-12H2,1-2H3,(H,21,23)/t14-/m0/s1. The molecule has 1 atom stereocenters. The van der Waals surface area contributed by atoms with Gasteiger partial charge in [0.25, 0.3) is 5.91 Å². The number of thioether (sulfide) groups is 1. The zero-order chi connectivity index (χ0) is 19.0. The molecule has 1 saturated carbocycles. The van der Waals surface area contributed by atoms with Gasteiger partial charge >= 0.3 is 5.97 Å². The summed E-state index contributed by atoms with van der Waals surface area (Å²) in [5.41, 5.74) is -0.826. The number of rotatable bonds is 7. The number of hydrogen-bond donors (Lipinski definition) is 1. The minimum absolute atomic E-state index is 0.105. The molecule has 1 fully saturated rings. The predicted molar refractivity (Wildman–Crippen MR) is 98.8 cm³/mol. The van der Waals surface area contributed by atoms with Gasteiger partial charge in [-0.15, -0.1) is 11.8 Å². The Balaban J connectivity index is 1.79. The van der Waals surface area contributed by atoms with E-state index in [2.05, 4.69) is 11.4 Å². The molecule has 0 unspecified atom stereocenters. The summed E-state index contributed by atoms with van der Waals surface area (Å²) in [6.07, 6.45) is 3.27. The summed E-state index contributed by atoms with van der Waals surface area (Å²) in [6, 6.07) is 9.56. The van der Waals surface area contributed by atoms with Gasteiger partial charge in [0.15, 0.2) is 6.10 Å². The first kappa shape index (κ1) is 20.1. The largest absolute Gasteiger partial charge is 0.497 e. The van der Waals surface area contributed by atoms with E-state index >= 15 is 0 Å². The molecule has 0 saturated heterocycles. The summed E-state index contributed by atoms with van der Waals surface area (Å²) in [4.78, 5) is 25.2. The van der Waals surface area contributed by atoms with E-state index in [4.69, 9.17) is 9.47 Å². The molecular weight excluding hydrogens is 352 g/mol. The van der Waals surface area contributed by atoms with Crippen LogP contribution < -0.4 is 10.1 Å². The van der Waals surface area contributed by atoms with Gasteiger partial charge in [-0.25, -0.2) is 0 Å². The molecule has 2 rings (SSSR count). The molecule has 1 N–H and O–H groups in total. The molecule has 0 heterocycles. The number of benzene rings is 1. The number of hydrogen-bond acceptors (Lipinski definition) is 6. The summed E-state index contributed by atoms with van der Waals surface area (Å²) in [7, 11) is 1.59. The Bertz CT molecular complexity index is 663. The van der Waals surface area contributed by atoms with Crippen molar-refractivity contribution in [2.45, 2.75) is 55.6 Å². The van der Waals surface area contributed by atoms with Crippen molar-refractivity contribution in [1.29, 1.82) is 5.26 Å². The fraction of sp³-hybridized carbons (Fsp3) is 0.526. The van der Waals surface area contributed by atoms with Crippen molar-refractivity contribution >= 4 is 23.6 Å². The summed E-state index contributed by atoms with van der Waals surface area (Å²) in [5.74, 6) is -0.0383. The highest BCUT2D eigenvalue weighted by Crippen LogP contribution is 2.27. The van der Waals surface area contributed by atoms with Crippen molar-refractivity contribution in [1.82, 2.24) is 5.32 Å². The van der Waals surface area contributed by atoms with Crippen LogP contribution in [0.25, 0.3) is 0 Å². The van der Waals surface area contributed by atoms with Gasteiger partial charge in [0.1, 0.15) is 11.3 Å². The van der Waals surface area contributed by atoms with Crippen LogP contribution in [0.5, 0.6) is 5.75 Å². The molecule has 0 aromatic heterocycles. The first-order valence-electron chi connectivity index (χ1n) is 8.67. The van der Waals surface area contributed by atoms with Crippen molar-refractivity contribution in [2.75, 3.05) is 12.9 Å². The lowest BCUT2D eigenvalue weighted by Crippen LogP contribution is -2.52. The molecule has 1 aromatic rings. The van der Waals surface area contributed by atoms with Gasteiger partial charge in [0.05, 0.1) is 18.9 Å². The van der Waals surface area contributed by atoms with Crippen LogP contribution in [0.3, 0.4) is 0 Å². The first-order valence-corrected chi connectivity index (χ1v) is 9.66. The molecule has 1 amide bonds. The molecule has 0 aliphatic heterocycles. The van der Waals surface area contributed by atoms with Crippen LogP contribution in [-0.2, 0) is 14.3 Å². The second-order valence-electron chi connectivity index (χ2n) is 6.34. The van der Waals surface area contributed by atoms with Gasteiger partial charge < -0.3 is 14.8 Å². The summed E-state index contributed by atoms with van der Waals surface area (Å²) < 4.78 is 10.3. The van der Waals surface area contributed by atoms with Crippen LogP contribution in [-0.4, -0.2) is 36.4 Å². The van der Waals surface area contributed by atoms with E-state index < -0.39 is 23.5 Å². The Morgan fingerprint density at radius 2 is 1.92 bits per heavy atom. The number of amides is 1. The van der Waals surface area contributed by atoms with Gasteiger partial charge in [-0.1, -0.05) is 19.3 Å². The van der Waals surface area contributed by atoms with Crippen molar-refractivity contribution < 1.29 is 19.1 Å². The number of nitrogens with one attached hydrogen (secondary N) is 1. The highest BCUT2D eigenvalue weighted by molar-refractivity contribution is 8.00. The van der Waals surface area contributed by atoms with Crippen LogP contribution in [0.4, 0.5) is 0 Å². The van der Waals surface area contributed by atoms with E-state index in [-0.39, 0.29) is 5.75 Å². The molecule has 7 heteroatoms. The molecule has 0 spiro atoms. The Morgan fingerprint density at radius 3 is 2.50 bits per heavy atom. The number of ether oxygens (including phenoxy) is 2. The third kappa shape index (κ3) is 5.67. The lowest BCUT2D eigenvalue weighted by atomic mass is 9.83. The maximum absolute atomic E-state index is 12.3. The molecule has 0 bridgehead atoms. The Morgan fingerprint density at radius 1 is 1.27 bits per heavy atom. The van der Waals surface area contributed by atoms with Crippen LogP contribution >= 0.6 is 11.8 Å². The number of nitrogens with zero attached hydrogens (tertiary/aromatic N) is 1. The summed E-state index contributed by atoms with van der Waals surface area (Å²) in [6.45, 7) is 1.53. The predicted octanol–water partition coefficient (Wildman–Crippen LogP) is 3.06. The zero-order valence-electron chi connectivity index (χ0n) is 15.1. The summed E-state index contributed by atoms with van der Waals surface area (Å²) >= 11 is 1.33. The molecule has 0 radical (unpaired) electrons. The Labute approximate surface area is 158 Å². The lowest BCUT2D eigenvalue weighted by Gasteiger charge is -2.32. The molecule has 140 valence electrons. The average molecular weight is 376 g/mol. The number of nitriles is 1. The SMILES string of the molecule is COc1ccc(SCC(=O)O[C@@H](C)C(=O)NC2(C#N)CCCCC2)cc1. The number of carbonyl (C=O) groups excluding carboxylic acids is 2. The van der Waals surface area contributed by atoms with Crippen LogP contribution in [0, 0.1) is 11.3 Å². The zero-order valence-corrected chi connectivity index (χ0v) is 15.9. The van der Waals surface area contributed by atoms with Crippen LogP contribution in [0.15, 0.2) is 29.2 Å². The first-order chi connectivity index (χ1) is 12.5. The van der Waals surface area contributed by atoms with E-state index in [0.717, 1.165) is 29.9 Å². The topological polar surface area (TPSA) is 88.4 Å². The third-order valence-electron chi connectivity index (χ3n) is 4.38. The van der Waals surface area contributed by atoms with E-state index in [1.807, 2.05) is 24.3 Å². The average Bonchev–Trinajstić information content (AvgIpc) is 2.67. The van der Waals surface area contributed by atoms with E-state index in [9.17, 15) is 14.9 Å². The molecule has 6 nitrogen and oxygen atoms in total. The van der Waals surface area contributed by atoms with Crippen molar-refractivity contribution in [3.63, 3.8) is 0 Å². The highest BCUT2D eigenvalue weighted by atomic mass is 32.2. The fourth-order valence-electron chi connectivity index (χ4n) is 2.86. The Hall–Kier alpha value is -2.20. The van der Waals surface area contributed by atoms with Gasteiger partial charge in [0.2, 0.25) is 0 Å². The maximum Gasteiger partial charge on any atom is 0.317 e. The van der Waals surface area contributed by atoms with Gasteiger partial charge in [-0.05, 0) is 44.0 Å². The normalized spacial score (nSPS) is 16.8. The van der Waals surface area contributed by atoms with E-state index in [0.29, 0.717) is 12.8 Å². The maximum atomic E-state index is 12.3. The van der Waals surface area contributed by atoms with Crippen molar-refractivity contribution in [3.05, 3.63) is 24.3 Å². The monoisotopic (exact) mass is 376 g/mol. The van der Waals surface area contributed by atoms with Gasteiger partial charge in [-0.2, -0.15) is 5.26 Å². The quantitative estimate of drug-likeness (QED) is 0.581. The van der Waals surface area contributed by atoms with Crippen LogP contribution in [0.2, 0.25) is 0 Å².